The summed E-state index contributed by atoms with van der Waals surface area (Å²) in [5.41, 5.74) is 5.37. The Kier molecular flexibility index (Phi) is 6.20. The molecule has 4 rings (SSSR count). The quantitative estimate of drug-likeness (QED) is 0.561. The fourth-order valence-electron chi connectivity index (χ4n) is 3.56. The third-order valence-electron chi connectivity index (χ3n) is 5.14. The van der Waals surface area contributed by atoms with Crippen LogP contribution in [0.4, 0.5) is 11.4 Å². The van der Waals surface area contributed by atoms with Crippen LogP contribution in [-0.4, -0.2) is 34.7 Å². The zero-order valence-corrected chi connectivity index (χ0v) is 17.5. The lowest BCUT2D eigenvalue weighted by Gasteiger charge is -2.17. The van der Waals surface area contributed by atoms with E-state index in [0.29, 0.717) is 5.75 Å². The first-order valence-electron chi connectivity index (χ1n) is 10.0. The summed E-state index contributed by atoms with van der Waals surface area (Å²) in [6.07, 6.45) is 3.31. The molecule has 0 unspecified atom stereocenters. The topological polar surface area (TPSA) is 61.0 Å². The van der Waals surface area contributed by atoms with Crippen molar-refractivity contribution in [2.45, 2.75) is 31.3 Å². The van der Waals surface area contributed by atoms with Crippen molar-refractivity contribution in [3.63, 3.8) is 0 Å². The molecule has 2 aromatic carbocycles. The van der Waals surface area contributed by atoms with E-state index < -0.39 is 0 Å². The molecule has 0 radical (unpaired) electrons. The Morgan fingerprint density at radius 3 is 2.55 bits per heavy atom. The summed E-state index contributed by atoms with van der Waals surface area (Å²) in [4.78, 5) is 22.7. The first-order chi connectivity index (χ1) is 14.2. The van der Waals surface area contributed by atoms with Gasteiger partial charge in [0.15, 0.2) is 5.16 Å². The zero-order chi connectivity index (χ0) is 20.1. The smallest absolute Gasteiger partial charge is 0.234 e. The zero-order valence-electron chi connectivity index (χ0n) is 16.6. The number of nitrogens with zero attached hydrogens (tertiary/aromatic N) is 2. The van der Waals surface area contributed by atoms with Gasteiger partial charge >= 0.3 is 0 Å². The Hall–Kier alpha value is -2.73. The maximum Gasteiger partial charge on any atom is 0.234 e. The van der Waals surface area contributed by atoms with E-state index in [0.717, 1.165) is 41.7 Å². The molecule has 0 saturated carbocycles. The van der Waals surface area contributed by atoms with Crippen LogP contribution < -0.4 is 10.2 Å². The second-order valence-electron chi connectivity index (χ2n) is 7.35. The number of aromatic amines is 1. The largest absolute Gasteiger partial charge is 0.372 e. The van der Waals surface area contributed by atoms with E-state index in [1.54, 1.807) is 0 Å². The summed E-state index contributed by atoms with van der Waals surface area (Å²) in [5.74, 6) is 0.300. The maximum atomic E-state index is 12.3. The molecule has 0 spiro atoms. The van der Waals surface area contributed by atoms with Gasteiger partial charge in [0.2, 0.25) is 5.91 Å². The molecule has 2 heterocycles. The van der Waals surface area contributed by atoms with E-state index in [-0.39, 0.29) is 5.91 Å². The number of thioether (sulfide) groups is 1. The van der Waals surface area contributed by atoms with Gasteiger partial charge in [-0.15, -0.1) is 0 Å². The summed E-state index contributed by atoms with van der Waals surface area (Å²) >= 11 is 1.43. The van der Waals surface area contributed by atoms with Gasteiger partial charge in [0.1, 0.15) is 0 Å². The maximum absolute atomic E-state index is 12.3. The monoisotopic (exact) mass is 406 g/mol. The Balaban J connectivity index is 1.29. The molecule has 1 aliphatic rings. The highest BCUT2D eigenvalue weighted by Crippen LogP contribution is 2.23. The molecule has 1 fully saturated rings. The van der Waals surface area contributed by atoms with Gasteiger partial charge in [-0.25, -0.2) is 4.98 Å². The van der Waals surface area contributed by atoms with Crippen LogP contribution in [0.15, 0.2) is 59.8 Å². The predicted molar refractivity (Wildman–Crippen MR) is 120 cm³/mol. The van der Waals surface area contributed by atoms with Crippen LogP contribution in [0.25, 0.3) is 0 Å². The van der Waals surface area contributed by atoms with Gasteiger partial charge in [-0.1, -0.05) is 42.1 Å². The number of carbonyl (C=O) groups excluding carboxylic acids is 1. The summed E-state index contributed by atoms with van der Waals surface area (Å²) < 4.78 is 0. The highest BCUT2D eigenvalue weighted by Gasteiger charge is 2.13. The molecule has 2 N–H and O–H groups in total. The lowest BCUT2D eigenvalue weighted by molar-refractivity contribution is -0.113. The highest BCUT2D eigenvalue weighted by molar-refractivity contribution is 7.99. The lowest BCUT2D eigenvalue weighted by atomic mass is 10.1. The van der Waals surface area contributed by atoms with Gasteiger partial charge < -0.3 is 15.2 Å². The molecule has 1 amide bonds. The lowest BCUT2D eigenvalue weighted by Crippen LogP contribution is -2.18. The average Bonchev–Trinajstić information content (AvgIpc) is 3.38. The van der Waals surface area contributed by atoms with E-state index in [1.165, 1.54) is 35.9 Å². The van der Waals surface area contributed by atoms with Crippen LogP contribution in [-0.2, 0) is 11.2 Å². The second kappa shape index (κ2) is 9.18. The Bertz CT molecular complexity index is 947. The number of hydrogen-bond acceptors (Lipinski definition) is 4. The molecule has 6 heteroatoms. The van der Waals surface area contributed by atoms with Crippen molar-refractivity contribution in [1.82, 2.24) is 9.97 Å². The van der Waals surface area contributed by atoms with Crippen molar-refractivity contribution in [3.8, 4) is 0 Å². The average molecular weight is 407 g/mol. The first kappa shape index (κ1) is 19.6. The van der Waals surface area contributed by atoms with E-state index in [1.807, 2.05) is 37.3 Å². The molecule has 1 aliphatic heterocycles. The number of hydrogen-bond donors (Lipinski definition) is 2. The molecule has 0 bridgehead atoms. The second-order valence-corrected chi connectivity index (χ2v) is 8.32. The number of aromatic nitrogens is 2. The van der Waals surface area contributed by atoms with Crippen molar-refractivity contribution in [1.29, 1.82) is 0 Å². The minimum Gasteiger partial charge on any atom is -0.372 e. The molecule has 150 valence electrons. The van der Waals surface area contributed by atoms with Crippen molar-refractivity contribution in [2.75, 3.05) is 29.1 Å². The van der Waals surface area contributed by atoms with E-state index in [4.69, 9.17) is 0 Å². The van der Waals surface area contributed by atoms with Crippen LogP contribution in [0.5, 0.6) is 0 Å². The molecule has 3 aromatic rings. The standard InChI is InChI=1S/C23H26N4OS/c1-17-21(15-18-7-3-2-4-8-18)26-23(24-17)29-16-22(28)25-19-9-11-20(12-10-19)27-13-5-6-14-27/h2-4,7-12H,5-6,13-16H2,1H3,(H,24,26)(H,25,28). The predicted octanol–water partition coefficient (Wildman–Crippen LogP) is 4.64. The number of carbonyl (C=O) groups is 1. The highest BCUT2D eigenvalue weighted by atomic mass is 32.2. The summed E-state index contributed by atoms with van der Waals surface area (Å²) in [6, 6.07) is 18.4. The van der Waals surface area contributed by atoms with Crippen molar-refractivity contribution < 1.29 is 4.79 Å². The normalized spacial score (nSPS) is 13.6. The molecule has 0 aliphatic carbocycles. The van der Waals surface area contributed by atoms with Gasteiger partial charge in [-0.3, -0.25) is 4.79 Å². The third kappa shape index (κ3) is 5.21. The number of imidazole rings is 1. The van der Waals surface area contributed by atoms with E-state index in [9.17, 15) is 4.79 Å². The van der Waals surface area contributed by atoms with Crippen LogP contribution in [0.3, 0.4) is 0 Å². The number of anilines is 2. The van der Waals surface area contributed by atoms with E-state index in [2.05, 4.69) is 44.5 Å². The molecule has 5 nitrogen and oxygen atoms in total. The van der Waals surface area contributed by atoms with Gasteiger partial charge in [0.05, 0.1) is 11.4 Å². The van der Waals surface area contributed by atoms with Crippen molar-refractivity contribution >= 4 is 29.0 Å². The fourth-order valence-corrected chi connectivity index (χ4v) is 4.30. The molecular formula is C23H26N4OS. The molecule has 29 heavy (non-hydrogen) atoms. The van der Waals surface area contributed by atoms with Gasteiger partial charge in [-0.05, 0) is 49.6 Å². The molecule has 0 atom stereocenters. The van der Waals surface area contributed by atoms with Gasteiger partial charge in [0.25, 0.3) is 0 Å². The molecule has 1 aromatic heterocycles. The summed E-state index contributed by atoms with van der Waals surface area (Å²) in [6.45, 7) is 4.27. The van der Waals surface area contributed by atoms with Crippen molar-refractivity contribution in [2.24, 2.45) is 0 Å². The minimum absolute atomic E-state index is 0.0254. The van der Waals surface area contributed by atoms with Crippen LogP contribution in [0.2, 0.25) is 0 Å². The number of amides is 1. The van der Waals surface area contributed by atoms with Gasteiger partial charge in [-0.2, -0.15) is 0 Å². The Labute approximate surface area is 175 Å². The van der Waals surface area contributed by atoms with Crippen LogP contribution in [0.1, 0.15) is 29.8 Å². The summed E-state index contributed by atoms with van der Waals surface area (Å²) in [7, 11) is 0. The van der Waals surface area contributed by atoms with Crippen LogP contribution in [0, 0.1) is 6.92 Å². The van der Waals surface area contributed by atoms with Crippen LogP contribution >= 0.6 is 11.8 Å². The number of rotatable bonds is 7. The van der Waals surface area contributed by atoms with Gasteiger partial charge in [0, 0.05) is 36.6 Å². The molecule has 1 saturated heterocycles. The Morgan fingerprint density at radius 1 is 1.10 bits per heavy atom. The minimum atomic E-state index is -0.0254. The van der Waals surface area contributed by atoms with Crippen molar-refractivity contribution in [3.05, 3.63) is 71.5 Å². The number of aryl methyl sites for hydroxylation is 1. The third-order valence-corrected chi connectivity index (χ3v) is 6.01. The first-order valence-corrected chi connectivity index (χ1v) is 11.0. The number of benzene rings is 2. The Morgan fingerprint density at radius 2 is 1.83 bits per heavy atom. The number of nitrogens with one attached hydrogen (secondary N) is 2. The fraction of sp³-hybridized carbons (Fsp3) is 0.304. The van der Waals surface area contributed by atoms with E-state index >= 15 is 0 Å². The summed E-state index contributed by atoms with van der Waals surface area (Å²) in [5, 5.41) is 3.76. The SMILES string of the molecule is Cc1[nH]c(SCC(=O)Nc2ccc(N3CCCC3)cc2)nc1Cc1ccccc1. The number of H-pyrrole nitrogens is 1. The molecular weight excluding hydrogens is 380 g/mol.